The molecule has 82 valence electrons. The summed E-state index contributed by atoms with van der Waals surface area (Å²) >= 11 is 11.4. The highest BCUT2D eigenvalue weighted by atomic mass is 35.5. The van der Waals surface area contributed by atoms with Gasteiger partial charge >= 0.3 is 0 Å². The number of amides is 1. The fourth-order valence-electron chi connectivity index (χ4n) is 1.17. The third-order valence-electron chi connectivity index (χ3n) is 1.94. The van der Waals surface area contributed by atoms with Crippen molar-refractivity contribution in [3.05, 3.63) is 34.9 Å². The maximum Gasteiger partial charge on any atom is 0.224 e. The van der Waals surface area contributed by atoms with E-state index in [0.717, 1.165) is 12.0 Å². The number of carbonyl (C=O) groups excluding carboxylic acids is 1. The lowest BCUT2D eigenvalue weighted by atomic mass is 10.1. The van der Waals surface area contributed by atoms with Gasteiger partial charge < -0.3 is 5.32 Å². The lowest BCUT2D eigenvalue weighted by Crippen LogP contribution is -2.26. The zero-order valence-electron chi connectivity index (χ0n) is 8.30. The van der Waals surface area contributed by atoms with Crippen LogP contribution in [-0.2, 0) is 11.2 Å². The Hall–Kier alpha value is -0.730. The van der Waals surface area contributed by atoms with Crippen molar-refractivity contribution in [2.45, 2.75) is 12.8 Å². The van der Waals surface area contributed by atoms with Crippen LogP contribution in [0.15, 0.2) is 24.3 Å². The van der Waals surface area contributed by atoms with E-state index in [9.17, 15) is 4.79 Å². The molecule has 0 radical (unpaired) electrons. The number of alkyl halides is 1. The number of rotatable bonds is 5. The van der Waals surface area contributed by atoms with Crippen LogP contribution in [0, 0.1) is 0 Å². The van der Waals surface area contributed by atoms with E-state index in [1.54, 1.807) is 6.07 Å². The van der Waals surface area contributed by atoms with Crippen LogP contribution in [0.3, 0.4) is 0 Å². The molecule has 0 aliphatic rings. The van der Waals surface area contributed by atoms with Gasteiger partial charge in [0.05, 0.1) is 6.42 Å². The first-order valence-electron chi connectivity index (χ1n) is 4.80. The van der Waals surface area contributed by atoms with Crippen LogP contribution in [0.5, 0.6) is 0 Å². The van der Waals surface area contributed by atoms with Gasteiger partial charge in [-0.05, 0) is 18.1 Å². The van der Waals surface area contributed by atoms with Crippen LogP contribution in [-0.4, -0.2) is 18.3 Å². The lowest BCUT2D eigenvalue weighted by Gasteiger charge is -2.05. The summed E-state index contributed by atoms with van der Waals surface area (Å²) in [4.78, 5) is 11.4. The van der Waals surface area contributed by atoms with Crippen LogP contribution in [0.4, 0.5) is 0 Å². The summed E-state index contributed by atoms with van der Waals surface area (Å²) < 4.78 is 0. The number of halogens is 2. The van der Waals surface area contributed by atoms with E-state index < -0.39 is 0 Å². The molecule has 1 amide bonds. The third kappa shape index (κ3) is 4.54. The van der Waals surface area contributed by atoms with E-state index in [1.807, 2.05) is 18.2 Å². The first-order valence-corrected chi connectivity index (χ1v) is 5.71. The Balaban J connectivity index is 2.41. The largest absolute Gasteiger partial charge is 0.356 e. The van der Waals surface area contributed by atoms with E-state index in [4.69, 9.17) is 23.2 Å². The first-order chi connectivity index (χ1) is 7.24. The van der Waals surface area contributed by atoms with Gasteiger partial charge in [0, 0.05) is 17.4 Å². The van der Waals surface area contributed by atoms with Crippen molar-refractivity contribution >= 4 is 29.1 Å². The molecule has 15 heavy (non-hydrogen) atoms. The molecule has 0 aliphatic heterocycles. The lowest BCUT2D eigenvalue weighted by molar-refractivity contribution is -0.120. The molecule has 1 rings (SSSR count). The molecule has 0 aliphatic carbocycles. The molecule has 1 aromatic rings. The monoisotopic (exact) mass is 245 g/mol. The maximum atomic E-state index is 11.4. The zero-order valence-corrected chi connectivity index (χ0v) is 9.81. The van der Waals surface area contributed by atoms with Crippen LogP contribution in [0.2, 0.25) is 5.02 Å². The molecule has 0 saturated carbocycles. The molecular formula is C11H13Cl2NO. The summed E-state index contributed by atoms with van der Waals surface area (Å²) in [5, 5.41) is 3.41. The van der Waals surface area contributed by atoms with E-state index in [1.165, 1.54) is 0 Å². The molecule has 0 atom stereocenters. The van der Waals surface area contributed by atoms with Gasteiger partial charge in [-0.3, -0.25) is 4.79 Å². The minimum Gasteiger partial charge on any atom is -0.356 e. The fraction of sp³-hybridized carbons (Fsp3) is 0.364. The van der Waals surface area contributed by atoms with Crippen molar-refractivity contribution in [1.82, 2.24) is 5.32 Å². The predicted octanol–water partition coefficient (Wildman–Crippen LogP) is 2.63. The molecule has 0 heterocycles. The summed E-state index contributed by atoms with van der Waals surface area (Å²) in [5.41, 5.74) is 0.850. The second kappa shape index (κ2) is 6.70. The zero-order chi connectivity index (χ0) is 11.1. The number of hydrogen-bond donors (Lipinski definition) is 1. The first kappa shape index (κ1) is 12.3. The highest BCUT2D eigenvalue weighted by Gasteiger charge is 2.05. The molecule has 4 heteroatoms. The van der Waals surface area contributed by atoms with E-state index in [2.05, 4.69) is 5.32 Å². The second-order valence-corrected chi connectivity index (χ2v) is 3.95. The smallest absolute Gasteiger partial charge is 0.224 e. The number of benzene rings is 1. The molecule has 0 unspecified atom stereocenters. The summed E-state index contributed by atoms with van der Waals surface area (Å²) in [6.07, 6.45) is 1.11. The maximum absolute atomic E-state index is 11.4. The Kier molecular flexibility index (Phi) is 5.51. The minimum atomic E-state index is -0.0202. The van der Waals surface area contributed by atoms with Crippen molar-refractivity contribution in [3.63, 3.8) is 0 Å². The van der Waals surface area contributed by atoms with Crippen LogP contribution in [0.1, 0.15) is 12.0 Å². The number of hydrogen-bond acceptors (Lipinski definition) is 1. The Bertz CT molecular complexity index is 328. The summed E-state index contributed by atoms with van der Waals surface area (Å²) in [5.74, 6) is 0.542. The van der Waals surface area contributed by atoms with Crippen molar-refractivity contribution in [3.8, 4) is 0 Å². The quantitative estimate of drug-likeness (QED) is 0.628. The van der Waals surface area contributed by atoms with Gasteiger partial charge in [-0.2, -0.15) is 0 Å². The molecule has 2 nitrogen and oxygen atoms in total. The van der Waals surface area contributed by atoms with Gasteiger partial charge in [-0.15, -0.1) is 11.6 Å². The Morgan fingerprint density at radius 1 is 1.33 bits per heavy atom. The standard InChI is InChI=1S/C11H13Cl2NO/c12-6-3-7-14-11(15)8-9-4-1-2-5-10(9)13/h1-2,4-5H,3,6-8H2,(H,14,15). The van der Waals surface area contributed by atoms with Gasteiger partial charge in [0.25, 0.3) is 0 Å². The van der Waals surface area contributed by atoms with Gasteiger partial charge in [-0.1, -0.05) is 29.8 Å². The van der Waals surface area contributed by atoms with Gasteiger partial charge in [-0.25, -0.2) is 0 Å². The molecular weight excluding hydrogens is 233 g/mol. The topological polar surface area (TPSA) is 29.1 Å². The van der Waals surface area contributed by atoms with Crippen molar-refractivity contribution in [2.75, 3.05) is 12.4 Å². The van der Waals surface area contributed by atoms with Crippen LogP contribution < -0.4 is 5.32 Å². The molecule has 0 saturated heterocycles. The van der Waals surface area contributed by atoms with E-state index >= 15 is 0 Å². The average Bonchev–Trinajstić information content (AvgIpc) is 2.22. The van der Waals surface area contributed by atoms with E-state index in [0.29, 0.717) is 23.9 Å². The average molecular weight is 246 g/mol. The molecule has 0 spiro atoms. The SMILES string of the molecule is O=C(Cc1ccccc1Cl)NCCCCl. The normalized spacial score (nSPS) is 10.0. The molecule has 1 aromatic carbocycles. The predicted molar refractivity (Wildman–Crippen MR) is 63.5 cm³/mol. The van der Waals surface area contributed by atoms with Crippen molar-refractivity contribution in [2.24, 2.45) is 0 Å². The molecule has 0 fully saturated rings. The van der Waals surface area contributed by atoms with Gasteiger partial charge in [0.1, 0.15) is 0 Å². The minimum absolute atomic E-state index is 0.0202. The fourth-order valence-corrected chi connectivity index (χ4v) is 1.51. The van der Waals surface area contributed by atoms with Crippen LogP contribution >= 0.6 is 23.2 Å². The molecule has 0 bridgehead atoms. The highest BCUT2D eigenvalue weighted by molar-refractivity contribution is 6.31. The second-order valence-electron chi connectivity index (χ2n) is 3.16. The van der Waals surface area contributed by atoms with Crippen molar-refractivity contribution in [1.29, 1.82) is 0 Å². The highest BCUT2D eigenvalue weighted by Crippen LogP contribution is 2.15. The number of carbonyl (C=O) groups is 1. The van der Waals surface area contributed by atoms with Crippen molar-refractivity contribution < 1.29 is 4.79 Å². The number of nitrogens with one attached hydrogen (secondary N) is 1. The Morgan fingerprint density at radius 3 is 2.73 bits per heavy atom. The summed E-state index contributed by atoms with van der Waals surface area (Å²) in [6.45, 7) is 0.618. The van der Waals surface area contributed by atoms with Crippen LogP contribution in [0.25, 0.3) is 0 Å². The Labute approximate surface area is 99.6 Å². The molecule has 0 aromatic heterocycles. The molecule has 1 N–H and O–H groups in total. The Morgan fingerprint density at radius 2 is 2.07 bits per heavy atom. The van der Waals surface area contributed by atoms with E-state index in [-0.39, 0.29) is 5.91 Å². The van der Waals surface area contributed by atoms with Gasteiger partial charge in [0.15, 0.2) is 0 Å². The summed E-state index contributed by atoms with van der Waals surface area (Å²) in [6, 6.07) is 7.34. The van der Waals surface area contributed by atoms with Gasteiger partial charge in [0.2, 0.25) is 5.91 Å². The summed E-state index contributed by atoms with van der Waals surface area (Å²) in [7, 11) is 0. The third-order valence-corrected chi connectivity index (χ3v) is 2.58.